The van der Waals surface area contributed by atoms with Crippen LogP contribution in [0.15, 0.2) is 36.9 Å². The van der Waals surface area contributed by atoms with Crippen molar-refractivity contribution in [3.05, 3.63) is 36.9 Å². The quantitative estimate of drug-likeness (QED) is 0.527. The fourth-order valence-corrected chi connectivity index (χ4v) is 2.56. The molecule has 0 atom stereocenters. The first-order chi connectivity index (χ1) is 13.4. The zero-order chi connectivity index (χ0) is 21.4. The number of amides is 1. The summed E-state index contributed by atoms with van der Waals surface area (Å²) in [4.78, 5) is 31.8. The van der Waals surface area contributed by atoms with Gasteiger partial charge in [-0.25, -0.2) is 19.7 Å². The van der Waals surface area contributed by atoms with Crippen LogP contribution < -0.4 is 10.8 Å². The fourth-order valence-electron chi connectivity index (χ4n) is 2.56. The minimum absolute atomic E-state index is 0.230. The molecule has 1 aromatic carbocycles. The molecule has 0 aliphatic carbocycles. The van der Waals surface area contributed by atoms with E-state index in [4.69, 9.17) is 15.3 Å². The van der Waals surface area contributed by atoms with Gasteiger partial charge in [-0.2, -0.15) is 0 Å². The third kappa shape index (κ3) is 4.80. The number of nitrogens with two attached hydrogens (primary N) is 1. The molecule has 0 aliphatic heterocycles. The fraction of sp³-hybridized carbons (Fsp3) is 0.400. The number of carbonyl (C=O) groups excluding carboxylic acids is 1. The van der Waals surface area contributed by atoms with Crippen LogP contribution in [0.4, 0.5) is 16.3 Å². The second kappa shape index (κ2) is 7.32. The van der Waals surface area contributed by atoms with Crippen molar-refractivity contribution in [2.45, 2.75) is 52.7 Å². The molecule has 29 heavy (non-hydrogen) atoms. The summed E-state index contributed by atoms with van der Waals surface area (Å²) in [6.07, 6.45) is 2.26. The molecular formula is C20H26N6O3. The monoisotopic (exact) mass is 398 g/mol. The summed E-state index contributed by atoms with van der Waals surface area (Å²) in [5.74, 6) is 0.230. The van der Waals surface area contributed by atoms with Crippen molar-refractivity contribution in [2.24, 2.45) is 0 Å². The van der Waals surface area contributed by atoms with Crippen LogP contribution in [-0.4, -0.2) is 36.8 Å². The molecule has 0 radical (unpaired) electrons. The molecule has 3 aromatic rings. The third-order valence-corrected chi connectivity index (χ3v) is 3.61. The van der Waals surface area contributed by atoms with E-state index in [1.54, 1.807) is 43.8 Å². The van der Waals surface area contributed by atoms with Gasteiger partial charge >= 0.3 is 6.09 Å². The zero-order valence-corrected chi connectivity index (χ0v) is 17.5. The second-order valence-electron chi connectivity index (χ2n) is 8.55. The van der Waals surface area contributed by atoms with Crippen molar-refractivity contribution in [3.63, 3.8) is 0 Å². The topological polar surface area (TPSA) is 108 Å². The molecule has 154 valence electrons. The van der Waals surface area contributed by atoms with Crippen LogP contribution in [0.3, 0.4) is 0 Å². The number of hydrogen-bond acceptors (Lipinski definition) is 7. The molecule has 0 unspecified atom stereocenters. The molecular weight excluding hydrogens is 372 g/mol. The Labute approximate surface area is 169 Å². The SMILES string of the molecule is CC(C)(C)OC(=O)N(OC(C)(C)C)c1ncnc2ncn(-c3ccc(N)cc3)c12. The normalized spacial score (nSPS) is 12.2. The highest BCUT2D eigenvalue weighted by Crippen LogP contribution is 2.29. The summed E-state index contributed by atoms with van der Waals surface area (Å²) < 4.78 is 7.31. The summed E-state index contributed by atoms with van der Waals surface area (Å²) in [6.45, 7) is 10.9. The van der Waals surface area contributed by atoms with E-state index in [2.05, 4.69) is 15.0 Å². The van der Waals surface area contributed by atoms with Crippen molar-refractivity contribution in [2.75, 3.05) is 10.8 Å². The number of hydrogen-bond donors (Lipinski definition) is 1. The Morgan fingerprint density at radius 3 is 2.24 bits per heavy atom. The molecule has 9 nitrogen and oxygen atoms in total. The van der Waals surface area contributed by atoms with Gasteiger partial charge in [-0.15, -0.1) is 5.06 Å². The maximum Gasteiger partial charge on any atom is 0.440 e. The van der Waals surface area contributed by atoms with E-state index in [0.29, 0.717) is 16.9 Å². The molecule has 2 N–H and O–H groups in total. The van der Waals surface area contributed by atoms with Gasteiger partial charge in [0.15, 0.2) is 11.5 Å². The van der Waals surface area contributed by atoms with E-state index in [0.717, 1.165) is 10.8 Å². The van der Waals surface area contributed by atoms with E-state index >= 15 is 0 Å². The molecule has 0 bridgehead atoms. The third-order valence-electron chi connectivity index (χ3n) is 3.61. The van der Waals surface area contributed by atoms with Crippen LogP contribution in [0, 0.1) is 0 Å². The minimum Gasteiger partial charge on any atom is -0.442 e. The molecule has 0 aliphatic rings. The number of imidazole rings is 1. The summed E-state index contributed by atoms with van der Waals surface area (Å²) in [7, 11) is 0. The van der Waals surface area contributed by atoms with Crippen LogP contribution in [0.5, 0.6) is 0 Å². The lowest BCUT2D eigenvalue weighted by atomic mass is 10.2. The average Bonchev–Trinajstić information content (AvgIpc) is 3.02. The highest BCUT2D eigenvalue weighted by atomic mass is 16.7. The van der Waals surface area contributed by atoms with Gasteiger partial charge < -0.3 is 10.5 Å². The Morgan fingerprint density at radius 2 is 1.66 bits per heavy atom. The van der Waals surface area contributed by atoms with Crippen molar-refractivity contribution in [1.82, 2.24) is 19.5 Å². The van der Waals surface area contributed by atoms with Crippen LogP contribution in [0.25, 0.3) is 16.9 Å². The Morgan fingerprint density at radius 1 is 1.00 bits per heavy atom. The number of nitrogen functional groups attached to an aromatic ring is 1. The lowest BCUT2D eigenvalue weighted by Crippen LogP contribution is -2.42. The van der Waals surface area contributed by atoms with Crippen LogP contribution >= 0.6 is 0 Å². The average molecular weight is 398 g/mol. The van der Waals surface area contributed by atoms with Gasteiger partial charge in [0.1, 0.15) is 23.8 Å². The van der Waals surface area contributed by atoms with Crippen LogP contribution in [0.2, 0.25) is 0 Å². The summed E-state index contributed by atoms with van der Waals surface area (Å²) >= 11 is 0. The Bertz CT molecular complexity index is 1020. The Balaban J connectivity index is 2.17. The van der Waals surface area contributed by atoms with Gasteiger partial charge in [-0.3, -0.25) is 9.40 Å². The molecule has 0 spiro atoms. The van der Waals surface area contributed by atoms with Crippen molar-refractivity contribution in [1.29, 1.82) is 0 Å². The van der Waals surface area contributed by atoms with E-state index < -0.39 is 17.3 Å². The Kier molecular flexibility index (Phi) is 5.18. The number of hydroxylamine groups is 1. The largest absolute Gasteiger partial charge is 0.442 e. The van der Waals surface area contributed by atoms with Gasteiger partial charge in [0.25, 0.3) is 0 Å². The highest BCUT2D eigenvalue weighted by Gasteiger charge is 2.32. The first-order valence-corrected chi connectivity index (χ1v) is 9.21. The molecule has 0 saturated heterocycles. The number of aromatic nitrogens is 4. The van der Waals surface area contributed by atoms with Gasteiger partial charge in [0.2, 0.25) is 0 Å². The molecule has 0 fully saturated rings. The minimum atomic E-state index is -0.708. The second-order valence-corrected chi connectivity index (χ2v) is 8.55. The Hall–Kier alpha value is -3.20. The number of anilines is 2. The van der Waals surface area contributed by atoms with Crippen molar-refractivity contribution < 1.29 is 14.4 Å². The maximum absolute atomic E-state index is 13.0. The van der Waals surface area contributed by atoms with E-state index in [-0.39, 0.29) is 5.82 Å². The van der Waals surface area contributed by atoms with Gasteiger partial charge in [0, 0.05) is 11.4 Å². The molecule has 9 heteroatoms. The number of fused-ring (bicyclic) bond motifs is 1. The van der Waals surface area contributed by atoms with Gasteiger partial charge in [0.05, 0.1) is 5.60 Å². The van der Waals surface area contributed by atoms with Crippen LogP contribution in [-0.2, 0) is 9.57 Å². The van der Waals surface area contributed by atoms with Gasteiger partial charge in [-0.1, -0.05) is 0 Å². The first-order valence-electron chi connectivity index (χ1n) is 9.21. The molecule has 1 amide bonds. The maximum atomic E-state index is 13.0. The predicted molar refractivity (Wildman–Crippen MR) is 111 cm³/mol. The smallest absolute Gasteiger partial charge is 0.440 e. The standard InChI is InChI=1S/C20H26N6O3/c1-19(2,3)28-18(27)26(29-20(4,5)6)17-15-16(22-11-23-17)24-12-25(15)14-9-7-13(21)8-10-14/h7-12H,21H2,1-6H3. The lowest BCUT2D eigenvalue weighted by molar-refractivity contribution is -0.0361. The summed E-state index contributed by atoms with van der Waals surface area (Å²) in [5.41, 5.74) is 6.76. The molecule has 0 saturated carbocycles. The number of nitrogens with zero attached hydrogens (tertiary/aromatic N) is 5. The molecule has 2 aromatic heterocycles. The summed E-state index contributed by atoms with van der Waals surface area (Å²) in [5, 5.41) is 1.06. The van der Waals surface area contributed by atoms with Crippen LogP contribution in [0.1, 0.15) is 41.5 Å². The number of carbonyl (C=O) groups is 1. The highest BCUT2D eigenvalue weighted by molar-refractivity contribution is 5.94. The van der Waals surface area contributed by atoms with Crippen molar-refractivity contribution >= 4 is 28.8 Å². The van der Waals surface area contributed by atoms with E-state index in [1.807, 2.05) is 32.9 Å². The predicted octanol–water partition coefficient (Wildman–Crippen LogP) is 3.87. The first kappa shape index (κ1) is 20.5. The molecule has 3 rings (SSSR count). The lowest BCUT2D eigenvalue weighted by Gasteiger charge is -2.31. The van der Waals surface area contributed by atoms with Crippen molar-refractivity contribution in [3.8, 4) is 5.69 Å². The van der Waals surface area contributed by atoms with Gasteiger partial charge in [-0.05, 0) is 65.8 Å². The summed E-state index contributed by atoms with van der Waals surface area (Å²) in [6, 6.07) is 7.25. The number of benzene rings is 1. The number of ether oxygens (including phenoxy) is 1. The molecule has 2 heterocycles. The number of rotatable bonds is 3. The van der Waals surface area contributed by atoms with E-state index in [1.165, 1.54) is 6.33 Å². The zero-order valence-electron chi connectivity index (χ0n) is 17.5. The van der Waals surface area contributed by atoms with E-state index in [9.17, 15) is 4.79 Å².